The van der Waals surface area contributed by atoms with Crippen molar-refractivity contribution in [3.05, 3.63) is 72.4 Å². The second kappa shape index (κ2) is 8.90. The van der Waals surface area contributed by atoms with Gasteiger partial charge in [-0.2, -0.15) is 0 Å². The van der Waals surface area contributed by atoms with Gasteiger partial charge in [-0.05, 0) is 67.6 Å². The molecule has 6 nitrogen and oxygen atoms in total. The van der Waals surface area contributed by atoms with Gasteiger partial charge in [0.15, 0.2) is 0 Å². The average Bonchev–Trinajstić information content (AvgIpc) is 2.70. The molecule has 3 rings (SSSR count). The molecule has 0 bridgehead atoms. The molecule has 3 aromatic rings. The van der Waals surface area contributed by atoms with Gasteiger partial charge in [-0.1, -0.05) is 0 Å². The number of carbonyl (C=O) groups is 1. The summed E-state index contributed by atoms with van der Waals surface area (Å²) in [4.78, 5) is 18.9. The highest BCUT2D eigenvalue weighted by Gasteiger charge is 2.08. The van der Waals surface area contributed by atoms with Crippen LogP contribution < -0.4 is 20.3 Å². The summed E-state index contributed by atoms with van der Waals surface area (Å²) in [6.07, 6.45) is 1.61. The Kier molecular flexibility index (Phi) is 6.11. The number of pyridine rings is 1. The van der Waals surface area contributed by atoms with Crippen molar-refractivity contribution in [2.75, 3.05) is 36.2 Å². The fraction of sp³-hybridized carbons (Fsp3) is 0.182. The molecule has 0 fully saturated rings. The molecule has 6 heteroatoms. The Hall–Kier alpha value is -3.54. The van der Waals surface area contributed by atoms with E-state index in [2.05, 4.69) is 15.6 Å². The predicted octanol–water partition coefficient (Wildman–Crippen LogP) is 4.54. The fourth-order valence-electron chi connectivity index (χ4n) is 2.64. The second-order valence-corrected chi connectivity index (χ2v) is 6.41. The lowest BCUT2D eigenvalue weighted by Crippen LogP contribution is -2.12. The van der Waals surface area contributed by atoms with Crippen LogP contribution in [0.1, 0.15) is 17.3 Å². The van der Waals surface area contributed by atoms with Gasteiger partial charge in [-0.3, -0.25) is 4.79 Å². The molecule has 28 heavy (non-hydrogen) atoms. The summed E-state index contributed by atoms with van der Waals surface area (Å²) in [5, 5.41) is 6.11. The Morgan fingerprint density at radius 2 is 1.68 bits per heavy atom. The molecule has 144 valence electrons. The number of nitrogens with zero attached hydrogens (tertiary/aromatic N) is 2. The highest BCUT2D eigenvalue weighted by molar-refractivity contribution is 6.04. The highest BCUT2D eigenvalue weighted by atomic mass is 16.5. The van der Waals surface area contributed by atoms with Gasteiger partial charge in [-0.25, -0.2) is 4.98 Å². The predicted molar refractivity (Wildman–Crippen MR) is 114 cm³/mol. The molecule has 0 aliphatic heterocycles. The molecule has 0 aliphatic carbocycles. The minimum atomic E-state index is -0.197. The van der Waals surface area contributed by atoms with E-state index in [1.54, 1.807) is 18.3 Å². The molecule has 0 atom stereocenters. The van der Waals surface area contributed by atoms with Crippen LogP contribution in [0, 0.1) is 0 Å². The van der Waals surface area contributed by atoms with Crippen LogP contribution in [0.25, 0.3) is 0 Å². The van der Waals surface area contributed by atoms with Gasteiger partial charge in [-0.15, -0.1) is 0 Å². The number of carbonyl (C=O) groups excluding carboxylic acids is 1. The summed E-state index contributed by atoms with van der Waals surface area (Å²) >= 11 is 0. The minimum Gasteiger partial charge on any atom is -0.494 e. The number of aromatic nitrogens is 1. The van der Waals surface area contributed by atoms with E-state index < -0.39 is 0 Å². The lowest BCUT2D eigenvalue weighted by atomic mass is 10.2. The van der Waals surface area contributed by atoms with E-state index in [-0.39, 0.29) is 5.91 Å². The van der Waals surface area contributed by atoms with Crippen molar-refractivity contribution in [3.63, 3.8) is 0 Å². The Balaban J connectivity index is 1.67. The first-order valence-electron chi connectivity index (χ1n) is 9.10. The summed E-state index contributed by atoms with van der Waals surface area (Å²) < 4.78 is 5.41. The Morgan fingerprint density at radius 1 is 1.00 bits per heavy atom. The molecule has 2 aromatic carbocycles. The van der Waals surface area contributed by atoms with E-state index in [1.807, 2.05) is 74.4 Å². The van der Waals surface area contributed by atoms with E-state index in [1.165, 1.54) is 0 Å². The Morgan fingerprint density at radius 3 is 2.32 bits per heavy atom. The van der Waals surface area contributed by atoms with E-state index in [0.29, 0.717) is 23.7 Å². The number of hydrogen-bond donors (Lipinski definition) is 2. The number of nitrogens with one attached hydrogen (secondary N) is 2. The lowest BCUT2D eigenvalue weighted by molar-refractivity contribution is 0.102. The molecule has 0 spiro atoms. The van der Waals surface area contributed by atoms with Gasteiger partial charge >= 0.3 is 0 Å². The molecular weight excluding hydrogens is 352 g/mol. The maximum atomic E-state index is 12.5. The zero-order valence-electron chi connectivity index (χ0n) is 16.3. The van der Waals surface area contributed by atoms with E-state index >= 15 is 0 Å². The van der Waals surface area contributed by atoms with Crippen LogP contribution in [0.5, 0.6) is 5.75 Å². The summed E-state index contributed by atoms with van der Waals surface area (Å²) in [5.74, 6) is 1.19. The molecular formula is C22H24N4O2. The monoisotopic (exact) mass is 376 g/mol. The first kappa shape index (κ1) is 19.2. The van der Waals surface area contributed by atoms with Crippen molar-refractivity contribution in [3.8, 4) is 5.75 Å². The van der Waals surface area contributed by atoms with Gasteiger partial charge in [0.05, 0.1) is 6.61 Å². The average molecular weight is 376 g/mol. The van der Waals surface area contributed by atoms with Crippen molar-refractivity contribution in [1.82, 2.24) is 4.98 Å². The summed E-state index contributed by atoms with van der Waals surface area (Å²) in [7, 11) is 3.99. The first-order valence-corrected chi connectivity index (χ1v) is 9.10. The van der Waals surface area contributed by atoms with Crippen LogP contribution in [-0.2, 0) is 0 Å². The molecule has 0 radical (unpaired) electrons. The topological polar surface area (TPSA) is 66.5 Å². The maximum Gasteiger partial charge on any atom is 0.255 e. The van der Waals surface area contributed by atoms with Gasteiger partial charge < -0.3 is 20.3 Å². The van der Waals surface area contributed by atoms with Crippen LogP contribution >= 0.6 is 0 Å². The summed E-state index contributed by atoms with van der Waals surface area (Å²) in [6, 6.07) is 18.7. The van der Waals surface area contributed by atoms with Crippen LogP contribution in [0.4, 0.5) is 22.9 Å². The largest absolute Gasteiger partial charge is 0.494 e. The quantitative estimate of drug-likeness (QED) is 0.634. The summed E-state index contributed by atoms with van der Waals surface area (Å²) in [6.45, 7) is 2.54. The van der Waals surface area contributed by atoms with Crippen LogP contribution in [0.2, 0.25) is 0 Å². The molecule has 1 heterocycles. The zero-order chi connectivity index (χ0) is 19.9. The van der Waals surface area contributed by atoms with E-state index in [4.69, 9.17) is 4.74 Å². The molecule has 0 unspecified atom stereocenters. The van der Waals surface area contributed by atoms with Gasteiger partial charge in [0, 0.05) is 42.9 Å². The third kappa shape index (κ3) is 5.01. The van der Waals surface area contributed by atoms with Crippen molar-refractivity contribution in [2.24, 2.45) is 0 Å². The van der Waals surface area contributed by atoms with Crippen molar-refractivity contribution in [2.45, 2.75) is 6.92 Å². The minimum absolute atomic E-state index is 0.197. The maximum absolute atomic E-state index is 12.5. The van der Waals surface area contributed by atoms with E-state index in [9.17, 15) is 4.79 Å². The Bertz CT molecular complexity index is 922. The van der Waals surface area contributed by atoms with Crippen molar-refractivity contribution < 1.29 is 9.53 Å². The summed E-state index contributed by atoms with van der Waals surface area (Å²) in [5.41, 5.74) is 3.25. The second-order valence-electron chi connectivity index (χ2n) is 6.41. The normalized spacial score (nSPS) is 10.2. The number of anilines is 4. The van der Waals surface area contributed by atoms with Gasteiger partial charge in [0.1, 0.15) is 11.6 Å². The van der Waals surface area contributed by atoms with E-state index in [0.717, 1.165) is 17.1 Å². The molecule has 0 aliphatic rings. The zero-order valence-corrected chi connectivity index (χ0v) is 16.3. The number of amides is 1. The smallest absolute Gasteiger partial charge is 0.255 e. The standard InChI is InChI=1S/C22H24N4O2/c1-4-28-20-11-7-18(8-12-20)25-22(27)16-13-14-23-21(15-16)24-17-5-9-19(10-6-17)26(2)3/h5-15H,4H2,1-3H3,(H,23,24)(H,25,27). The third-order valence-corrected chi connectivity index (χ3v) is 4.10. The van der Waals surface area contributed by atoms with Crippen molar-refractivity contribution >= 4 is 28.8 Å². The van der Waals surface area contributed by atoms with Crippen LogP contribution in [0.3, 0.4) is 0 Å². The molecule has 2 N–H and O–H groups in total. The molecule has 0 saturated carbocycles. The Labute approximate surface area is 165 Å². The molecule has 1 amide bonds. The van der Waals surface area contributed by atoms with Crippen LogP contribution in [0.15, 0.2) is 66.9 Å². The van der Waals surface area contributed by atoms with Crippen LogP contribution in [-0.4, -0.2) is 31.6 Å². The van der Waals surface area contributed by atoms with Gasteiger partial charge in [0.2, 0.25) is 0 Å². The fourth-order valence-corrected chi connectivity index (χ4v) is 2.64. The number of hydrogen-bond acceptors (Lipinski definition) is 5. The lowest BCUT2D eigenvalue weighted by Gasteiger charge is -2.13. The number of rotatable bonds is 7. The third-order valence-electron chi connectivity index (χ3n) is 4.10. The SMILES string of the molecule is CCOc1ccc(NC(=O)c2ccnc(Nc3ccc(N(C)C)cc3)c2)cc1. The first-order chi connectivity index (χ1) is 13.5. The molecule has 1 aromatic heterocycles. The number of benzene rings is 2. The van der Waals surface area contributed by atoms with Gasteiger partial charge in [0.25, 0.3) is 5.91 Å². The van der Waals surface area contributed by atoms with Crippen molar-refractivity contribution in [1.29, 1.82) is 0 Å². The number of ether oxygens (including phenoxy) is 1. The highest BCUT2D eigenvalue weighted by Crippen LogP contribution is 2.20. The molecule has 0 saturated heterocycles.